The highest BCUT2D eigenvalue weighted by Gasteiger charge is 2.55. The minimum Gasteiger partial charge on any atom is -0.382 e. The van der Waals surface area contributed by atoms with Gasteiger partial charge in [0.15, 0.2) is 6.29 Å². The van der Waals surface area contributed by atoms with Crippen LogP contribution in [0.25, 0.3) is 0 Å². The fraction of sp³-hybridized carbons (Fsp3) is 0.952. The first kappa shape index (κ1) is 26.6. The number of ether oxygens (including phenoxy) is 9. The van der Waals surface area contributed by atoms with Crippen LogP contribution in [0.5, 0.6) is 0 Å². The number of carbonyl (C=O) groups excluding carboxylic acids is 1. The molecule has 0 amide bonds. The topological polar surface area (TPSA) is 100 Å². The number of aldehydes is 1. The van der Waals surface area contributed by atoms with Crippen molar-refractivity contribution in [2.45, 2.75) is 68.5 Å². The molecule has 0 radical (unpaired) electrons. The standard InChI is InChI=1S/C21H38O10/c1-21(2)19(28-8)17(26-6)16(14(31-21)11-24-4)30-20-18(27-7)15(25-5)12(9-22)13(29-20)10-23-3/h9,12-20H,10-11H2,1-8H3/t12-,13?,14?,15?,16+,17?,18?,19?,20?/m0/s1. The molecule has 0 aliphatic carbocycles. The molecule has 2 saturated heterocycles. The molecular formula is C21H38O10. The van der Waals surface area contributed by atoms with E-state index in [1.54, 1.807) is 28.4 Å². The first-order valence-corrected chi connectivity index (χ1v) is 10.4. The molecule has 10 nitrogen and oxygen atoms in total. The van der Waals surface area contributed by atoms with Gasteiger partial charge in [-0.1, -0.05) is 0 Å². The monoisotopic (exact) mass is 450 g/mol. The maximum atomic E-state index is 11.8. The summed E-state index contributed by atoms with van der Waals surface area (Å²) in [6.07, 6.45) is -3.80. The third-order valence-corrected chi connectivity index (χ3v) is 6.02. The number of carbonyl (C=O) groups is 1. The van der Waals surface area contributed by atoms with Crippen LogP contribution in [0.1, 0.15) is 13.8 Å². The molecule has 0 spiro atoms. The first-order valence-electron chi connectivity index (χ1n) is 10.4. The Bertz CT molecular complexity index is 544. The van der Waals surface area contributed by atoms with Gasteiger partial charge in [-0.3, -0.25) is 0 Å². The van der Waals surface area contributed by atoms with Gasteiger partial charge in [-0.15, -0.1) is 0 Å². The van der Waals surface area contributed by atoms with Gasteiger partial charge < -0.3 is 47.4 Å². The second kappa shape index (κ2) is 12.0. The van der Waals surface area contributed by atoms with E-state index in [9.17, 15) is 4.79 Å². The van der Waals surface area contributed by atoms with Crippen LogP contribution in [0.3, 0.4) is 0 Å². The van der Waals surface area contributed by atoms with Crippen molar-refractivity contribution >= 4 is 6.29 Å². The predicted octanol–water partition coefficient (Wildman–Crippen LogP) is 0.442. The minimum atomic E-state index is -0.865. The van der Waals surface area contributed by atoms with Crippen LogP contribution in [0, 0.1) is 5.92 Å². The van der Waals surface area contributed by atoms with E-state index in [1.807, 2.05) is 13.8 Å². The molecule has 0 N–H and O–H groups in total. The average molecular weight is 451 g/mol. The quantitative estimate of drug-likeness (QED) is 0.412. The molecule has 182 valence electrons. The highest BCUT2D eigenvalue weighted by Crippen LogP contribution is 2.37. The van der Waals surface area contributed by atoms with Gasteiger partial charge in [0.2, 0.25) is 0 Å². The summed E-state index contributed by atoms with van der Waals surface area (Å²) in [4.78, 5) is 11.8. The lowest BCUT2D eigenvalue weighted by Gasteiger charge is -2.51. The zero-order valence-electron chi connectivity index (χ0n) is 19.8. The lowest BCUT2D eigenvalue weighted by atomic mass is 9.86. The van der Waals surface area contributed by atoms with E-state index in [1.165, 1.54) is 14.2 Å². The summed E-state index contributed by atoms with van der Waals surface area (Å²) in [5, 5.41) is 0. The molecule has 0 saturated carbocycles. The number of methoxy groups -OCH3 is 6. The Morgan fingerprint density at radius 2 is 1.35 bits per heavy atom. The van der Waals surface area contributed by atoms with Crippen molar-refractivity contribution in [1.29, 1.82) is 0 Å². The molecule has 7 unspecified atom stereocenters. The molecule has 31 heavy (non-hydrogen) atoms. The van der Waals surface area contributed by atoms with Crippen molar-refractivity contribution in [3.63, 3.8) is 0 Å². The Hall–Kier alpha value is -0.690. The molecule has 0 aromatic carbocycles. The van der Waals surface area contributed by atoms with Crippen LogP contribution in [-0.2, 0) is 47.4 Å². The summed E-state index contributed by atoms with van der Waals surface area (Å²) in [5.74, 6) is -0.573. The van der Waals surface area contributed by atoms with Crippen molar-refractivity contribution in [2.24, 2.45) is 5.92 Å². The first-order chi connectivity index (χ1) is 14.8. The SMILES string of the molecule is COCC1OC(O[C@@H]2C(COC)OC(C)(C)C(OC)C2OC)C(OC)C(OC)[C@H]1C=O. The van der Waals surface area contributed by atoms with Gasteiger partial charge in [0.05, 0.1) is 30.8 Å². The Kier molecular flexibility index (Phi) is 10.3. The van der Waals surface area contributed by atoms with Gasteiger partial charge in [-0.2, -0.15) is 0 Å². The van der Waals surface area contributed by atoms with E-state index in [0.717, 1.165) is 6.29 Å². The smallest absolute Gasteiger partial charge is 0.187 e. The van der Waals surface area contributed by atoms with Crippen LogP contribution in [0.2, 0.25) is 0 Å². The summed E-state index contributed by atoms with van der Waals surface area (Å²) in [6.45, 7) is 4.35. The molecule has 9 atom stereocenters. The summed E-state index contributed by atoms with van der Waals surface area (Å²) in [6, 6.07) is 0. The van der Waals surface area contributed by atoms with E-state index in [4.69, 9.17) is 42.6 Å². The number of hydrogen-bond acceptors (Lipinski definition) is 10. The molecule has 0 aromatic heterocycles. The second-order valence-corrected chi connectivity index (χ2v) is 8.28. The van der Waals surface area contributed by atoms with E-state index in [-0.39, 0.29) is 13.2 Å². The molecule has 2 aliphatic rings. The van der Waals surface area contributed by atoms with Crippen LogP contribution in [0.4, 0.5) is 0 Å². The zero-order valence-corrected chi connectivity index (χ0v) is 19.8. The zero-order chi connectivity index (χ0) is 23.2. The molecule has 0 aromatic rings. The predicted molar refractivity (Wildman–Crippen MR) is 109 cm³/mol. The van der Waals surface area contributed by atoms with Gasteiger partial charge in [0.1, 0.15) is 42.9 Å². The molecule has 2 aliphatic heterocycles. The van der Waals surface area contributed by atoms with Crippen molar-refractivity contribution in [1.82, 2.24) is 0 Å². The fourth-order valence-electron chi connectivity index (χ4n) is 4.64. The Labute approximate surface area is 184 Å². The average Bonchev–Trinajstić information content (AvgIpc) is 2.74. The summed E-state index contributed by atoms with van der Waals surface area (Å²) in [5.41, 5.74) is -0.636. The van der Waals surface area contributed by atoms with E-state index in [2.05, 4.69) is 0 Å². The van der Waals surface area contributed by atoms with Gasteiger partial charge in [0, 0.05) is 42.7 Å². The molecule has 0 bridgehead atoms. The van der Waals surface area contributed by atoms with Crippen molar-refractivity contribution in [2.75, 3.05) is 55.9 Å². The molecule has 2 fully saturated rings. The highest BCUT2D eigenvalue weighted by atomic mass is 16.7. The highest BCUT2D eigenvalue weighted by molar-refractivity contribution is 5.56. The Morgan fingerprint density at radius 3 is 1.84 bits per heavy atom. The fourth-order valence-corrected chi connectivity index (χ4v) is 4.64. The lowest BCUT2D eigenvalue weighted by molar-refractivity contribution is -0.349. The van der Waals surface area contributed by atoms with E-state index >= 15 is 0 Å². The minimum absolute atomic E-state index is 0.198. The van der Waals surface area contributed by atoms with E-state index in [0.29, 0.717) is 0 Å². The van der Waals surface area contributed by atoms with Gasteiger partial charge >= 0.3 is 0 Å². The van der Waals surface area contributed by atoms with Crippen LogP contribution in [0.15, 0.2) is 0 Å². The molecule has 10 heteroatoms. The Balaban J connectivity index is 2.36. The largest absolute Gasteiger partial charge is 0.382 e. The van der Waals surface area contributed by atoms with Crippen molar-refractivity contribution < 1.29 is 47.4 Å². The van der Waals surface area contributed by atoms with Crippen LogP contribution < -0.4 is 0 Å². The van der Waals surface area contributed by atoms with Crippen molar-refractivity contribution in [3.05, 3.63) is 0 Å². The maximum Gasteiger partial charge on any atom is 0.187 e. The number of rotatable bonds is 11. The van der Waals surface area contributed by atoms with Gasteiger partial charge in [-0.25, -0.2) is 0 Å². The van der Waals surface area contributed by atoms with Crippen molar-refractivity contribution in [3.8, 4) is 0 Å². The lowest BCUT2D eigenvalue weighted by Crippen LogP contribution is -2.67. The van der Waals surface area contributed by atoms with Gasteiger partial charge in [0.25, 0.3) is 0 Å². The van der Waals surface area contributed by atoms with Gasteiger partial charge in [-0.05, 0) is 13.8 Å². The summed E-state index contributed by atoms with van der Waals surface area (Å²) in [7, 11) is 9.39. The summed E-state index contributed by atoms with van der Waals surface area (Å²) < 4.78 is 52.2. The normalized spacial score (nSPS) is 40.6. The second-order valence-electron chi connectivity index (χ2n) is 8.28. The van der Waals surface area contributed by atoms with Crippen LogP contribution >= 0.6 is 0 Å². The summed E-state index contributed by atoms with van der Waals surface area (Å²) >= 11 is 0. The van der Waals surface area contributed by atoms with E-state index < -0.39 is 60.5 Å². The number of hydrogen-bond donors (Lipinski definition) is 0. The maximum absolute atomic E-state index is 11.8. The molecule has 2 heterocycles. The third kappa shape index (κ3) is 5.63. The third-order valence-electron chi connectivity index (χ3n) is 6.02. The molecule has 2 rings (SSSR count). The Morgan fingerprint density at radius 1 is 0.774 bits per heavy atom. The molecular weight excluding hydrogens is 412 g/mol. The van der Waals surface area contributed by atoms with Crippen LogP contribution in [-0.4, -0.2) is 117 Å².